The van der Waals surface area contributed by atoms with E-state index in [9.17, 15) is 14.0 Å². The fourth-order valence-electron chi connectivity index (χ4n) is 1.74. The molecule has 6 heteroatoms. The Morgan fingerprint density at radius 1 is 1.09 bits per heavy atom. The van der Waals surface area contributed by atoms with Gasteiger partial charge in [0.1, 0.15) is 5.82 Å². The Balaban J connectivity index is 2.14. The summed E-state index contributed by atoms with van der Waals surface area (Å²) in [6.07, 6.45) is 0. The summed E-state index contributed by atoms with van der Waals surface area (Å²) >= 11 is 0. The van der Waals surface area contributed by atoms with Gasteiger partial charge < -0.3 is 15.4 Å². The van der Waals surface area contributed by atoms with Gasteiger partial charge in [-0.15, -0.1) is 0 Å². The zero-order valence-corrected chi connectivity index (χ0v) is 11.9. The van der Waals surface area contributed by atoms with Crippen molar-refractivity contribution < 1.29 is 18.7 Å². The third kappa shape index (κ3) is 4.05. The Hall–Kier alpha value is -2.89. The van der Waals surface area contributed by atoms with Gasteiger partial charge in [-0.25, -0.2) is 9.18 Å². The molecule has 0 heterocycles. The fraction of sp³-hybridized carbons (Fsp3) is 0.125. The summed E-state index contributed by atoms with van der Waals surface area (Å²) in [5.41, 5.74) is 1.43. The summed E-state index contributed by atoms with van der Waals surface area (Å²) in [7, 11) is 1.46. The van der Waals surface area contributed by atoms with Crippen molar-refractivity contribution in [1.82, 2.24) is 5.32 Å². The van der Waals surface area contributed by atoms with Crippen molar-refractivity contribution in [3.8, 4) is 0 Å². The number of halogens is 1. The molecule has 2 N–H and O–H groups in total. The standard InChI is InChI=1S/C16H15FN2O3/c1-18-15(20)10-22-16(21)13-4-2-3-5-14(13)19-12-8-6-11(17)7-9-12/h2-9,19H,10H2,1H3,(H,18,20). The normalized spacial score (nSPS) is 9.91. The van der Waals surface area contributed by atoms with Gasteiger partial charge in [0.15, 0.2) is 6.61 Å². The molecule has 2 aromatic carbocycles. The Morgan fingerprint density at radius 2 is 1.77 bits per heavy atom. The van der Waals surface area contributed by atoms with Crippen molar-refractivity contribution in [2.75, 3.05) is 19.0 Å². The van der Waals surface area contributed by atoms with Crippen molar-refractivity contribution in [1.29, 1.82) is 0 Å². The highest BCUT2D eigenvalue weighted by molar-refractivity contribution is 5.97. The smallest absolute Gasteiger partial charge is 0.340 e. The molecule has 0 aliphatic rings. The lowest BCUT2D eigenvalue weighted by Crippen LogP contribution is -2.25. The molecular weight excluding hydrogens is 287 g/mol. The number of carbonyl (C=O) groups is 2. The molecule has 0 spiro atoms. The second kappa shape index (κ2) is 7.21. The minimum atomic E-state index is -0.617. The molecular formula is C16H15FN2O3. The van der Waals surface area contributed by atoms with E-state index in [1.807, 2.05) is 0 Å². The number of para-hydroxylation sites is 1. The zero-order valence-electron chi connectivity index (χ0n) is 11.9. The van der Waals surface area contributed by atoms with Crippen LogP contribution in [0.5, 0.6) is 0 Å². The molecule has 2 aromatic rings. The number of amides is 1. The lowest BCUT2D eigenvalue weighted by Gasteiger charge is -2.11. The predicted molar refractivity (Wildman–Crippen MR) is 80.5 cm³/mol. The van der Waals surface area contributed by atoms with Gasteiger partial charge in [-0.3, -0.25) is 4.79 Å². The van der Waals surface area contributed by atoms with Crippen LogP contribution in [0.25, 0.3) is 0 Å². The SMILES string of the molecule is CNC(=O)COC(=O)c1ccccc1Nc1ccc(F)cc1. The third-order valence-electron chi connectivity index (χ3n) is 2.88. The van der Waals surface area contributed by atoms with Gasteiger partial charge in [-0.05, 0) is 36.4 Å². The number of rotatable bonds is 5. The van der Waals surface area contributed by atoms with E-state index in [1.165, 1.54) is 19.2 Å². The Morgan fingerprint density at radius 3 is 2.45 bits per heavy atom. The summed E-state index contributed by atoms with van der Waals surface area (Å²) < 4.78 is 17.8. The first-order chi connectivity index (χ1) is 10.6. The number of ether oxygens (including phenoxy) is 1. The molecule has 2 rings (SSSR count). The van der Waals surface area contributed by atoms with Gasteiger partial charge in [0.05, 0.1) is 11.3 Å². The largest absolute Gasteiger partial charge is 0.452 e. The molecule has 0 saturated carbocycles. The van der Waals surface area contributed by atoms with E-state index in [0.29, 0.717) is 11.4 Å². The highest BCUT2D eigenvalue weighted by Crippen LogP contribution is 2.21. The van der Waals surface area contributed by atoms with Crippen molar-refractivity contribution in [2.45, 2.75) is 0 Å². The van der Waals surface area contributed by atoms with E-state index in [-0.39, 0.29) is 18.0 Å². The van der Waals surface area contributed by atoms with Crippen molar-refractivity contribution in [2.24, 2.45) is 0 Å². The van der Waals surface area contributed by atoms with Gasteiger partial charge in [0.25, 0.3) is 5.91 Å². The monoisotopic (exact) mass is 302 g/mol. The van der Waals surface area contributed by atoms with E-state index >= 15 is 0 Å². The maximum absolute atomic E-state index is 12.9. The van der Waals surface area contributed by atoms with Gasteiger partial charge in [-0.2, -0.15) is 0 Å². The summed E-state index contributed by atoms with van der Waals surface area (Å²) in [6.45, 7) is -0.347. The number of anilines is 2. The maximum atomic E-state index is 12.9. The highest BCUT2D eigenvalue weighted by Gasteiger charge is 2.14. The third-order valence-corrected chi connectivity index (χ3v) is 2.88. The number of nitrogens with one attached hydrogen (secondary N) is 2. The van der Waals surface area contributed by atoms with Crippen LogP contribution in [0.2, 0.25) is 0 Å². The second-order valence-corrected chi connectivity index (χ2v) is 4.43. The number of likely N-dealkylation sites (N-methyl/N-ethyl adjacent to an activating group) is 1. The topological polar surface area (TPSA) is 67.4 Å². The molecule has 0 aromatic heterocycles. The molecule has 22 heavy (non-hydrogen) atoms. The van der Waals surface area contributed by atoms with Crippen LogP contribution in [0.3, 0.4) is 0 Å². The van der Waals surface area contributed by atoms with Crippen LogP contribution in [0.15, 0.2) is 48.5 Å². The Labute approximate surface area is 127 Å². The van der Waals surface area contributed by atoms with Gasteiger partial charge in [0, 0.05) is 12.7 Å². The van der Waals surface area contributed by atoms with Gasteiger partial charge >= 0.3 is 5.97 Å². The number of hydrogen-bond donors (Lipinski definition) is 2. The van der Waals surface area contributed by atoms with Crippen LogP contribution in [-0.4, -0.2) is 25.5 Å². The first-order valence-electron chi connectivity index (χ1n) is 6.59. The van der Waals surface area contributed by atoms with E-state index in [1.54, 1.807) is 36.4 Å². The molecule has 5 nitrogen and oxygen atoms in total. The quantitative estimate of drug-likeness (QED) is 0.833. The number of hydrogen-bond acceptors (Lipinski definition) is 4. The van der Waals surface area contributed by atoms with Crippen LogP contribution < -0.4 is 10.6 Å². The Kier molecular flexibility index (Phi) is 5.08. The van der Waals surface area contributed by atoms with E-state index in [2.05, 4.69) is 10.6 Å². The fourth-order valence-corrected chi connectivity index (χ4v) is 1.74. The average molecular weight is 302 g/mol. The minimum Gasteiger partial charge on any atom is -0.452 e. The molecule has 0 fully saturated rings. The van der Waals surface area contributed by atoms with Crippen molar-refractivity contribution >= 4 is 23.3 Å². The number of benzene rings is 2. The average Bonchev–Trinajstić information content (AvgIpc) is 2.55. The molecule has 0 radical (unpaired) electrons. The van der Waals surface area contributed by atoms with Crippen LogP contribution in [-0.2, 0) is 9.53 Å². The van der Waals surface area contributed by atoms with Gasteiger partial charge in [-0.1, -0.05) is 12.1 Å². The molecule has 0 saturated heterocycles. The second-order valence-electron chi connectivity index (χ2n) is 4.43. The molecule has 0 unspecified atom stereocenters. The summed E-state index contributed by atoms with van der Waals surface area (Å²) in [4.78, 5) is 23.1. The van der Waals surface area contributed by atoms with Crippen LogP contribution in [0, 0.1) is 5.82 Å². The van der Waals surface area contributed by atoms with Crippen LogP contribution in [0.4, 0.5) is 15.8 Å². The minimum absolute atomic E-state index is 0.288. The maximum Gasteiger partial charge on any atom is 0.340 e. The number of esters is 1. The molecule has 114 valence electrons. The lowest BCUT2D eigenvalue weighted by molar-refractivity contribution is -0.123. The summed E-state index contributed by atoms with van der Waals surface area (Å²) in [5, 5.41) is 5.38. The van der Waals surface area contributed by atoms with Crippen LogP contribution >= 0.6 is 0 Å². The first kappa shape index (κ1) is 15.5. The van der Waals surface area contributed by atoms with Crippen LogP contribution in [0.1, 0.15) is 10.4 Å². The predicted octanol–water partition coefficient (Wildman–Crippen LogP) is 2.47. The molecule has 0 atom stereocenters. The van der Waals surface area contributed by atoms with Gasteiger partial charge in [0.2, 0.25) is 0 Å². The first-order valence-corrected chi connectivity index (χ1v) is 6.59. The van der Waals surface area contributed by atoms with E-state index in [0.717, 1.165) is 0 Å². The summed E-state index contributed by atoms with van der Waals surface area (Å²) in [6, 6.07) is 12.5. The number of carbonyl (C=O) groups excluding carboxylic acids is 2. The van der Waals surface area contributed by atoms with E-state index in [4.69, 9.17) is 4.74 Å². The molecule has 0 aliphatic carbocycles. The lowest BCUT2D eigenvalue weighted by atomic mass is 10.1. The van der Waals surface area contributed by atoms with Crippen molar-refractivity contribution in [3.63, 3.8) is 0 Å². The molecule has 0 aliphatic heterocycles. The Bertz CT molecular complexity index is 671. The summed E-state index contributed by atoms with van der Waals surface area (Å²) in [5.74, 6) is -1.35. The molecule has 1 amide bonds. The van der Waals surface area contributed by atoms with Crippen molar-refractivity contribution in [3.05, 3.63) is 59.9 Å². The zero-order chi connectivity index (χ0) is 15.9. The van der Waals surface area contributed by atoms with E-state index < -0.39 is 11.9 Å². The highest BCUT2D eigenvalue weighted by atomic mass is 19.1. The molecule has 0 bridgehead atoms.